The van der Waals surface area contributed by atoms with Crippen molar-refractivity contribution in [2.75, 3.05) is 0 Å². The van der Waals surface area contributed by atoms with E-state index in [1.807, 2.05) is 104 Å². The number of aromatic hydroxyl groups is 4. The molecule has 0 heterocycles. The van der Waals surface area contributed by atoms with Gasteiger partial charge in [-0.1, -0.05) is 69.3 Å². The number of phenols is 4. The molecule has 218 valence electrons. The number of rotatable bonds is 4. The molecule has 0 aromatic heterocycles. The molecule has 4 aromatic rings. The van der Waals surface area contributed by atoms with Crippen molar-refractivity contribution >= 4 is 0 Å². The Labute approximate surface area is 246 Å². The molecule has 41 heavy (non-hydrogen) atoms. The predicted octanol–water partition coefficient (Wildman–Crippen LogP) is 9.14. The lowest BCUT2D eigenvalue weighted by Crippen LogP contribution is -2.19. The molecule has 0 bridgehead atoms. The van der Waals surface area contributed by atoms with Gasteiger partial charge in [-0.15, -0.1) is 0 Å². The summed E-state index contributed by atoms with van der Waals surface area (Å²) >= 11 is 0. The molecule has 0 aliphatic rings. The van der Waals surface area contributed by atoms with Crippen molar-refractivity contribution in [2.24, 2.45) is 0 Å². The highest BCUT2D eigenvalue weighted by Crippen LogP contribution is 2.38. The largest absolute Gasteiger partial charge is 0.507 e. The topological polar surface area (TPSA) is 80.9 Å². The normalized spacial score (nSPS) is 11.4. The number of aryl methyl sites for hydroxylation is 8. The van der Waals surface area contributed by atoms with Gasteiger partial charge in [-0.3, -0.25) is 0 Å². The van der Waals surface area contributed by atoms with Crippen molar-refractivity contribution in [3.63, 3.8) is 0 Å². The van der Waals surface area contributed by atoms with Crippen LogP contribution < -0.4 is 0 Å². The number of hydrogen-bond donors (Lipinski definition) is 4. The van der Waals surface area contributed by atoms with Crippen LogP contribution in [0.25, 0.3) is 0 Å². The highest BCUT2D eigenvalue weighted by Gasteiger charge is 2.25. The third kappa shape index (κ3) is 6.53. The summed E-state index contributed by atoms with van der Waals surface area (Å²) in [5.41, 5.74) is 11.7. The number of hydrogen-bond acceptors (Lipinski definition) is 4. The molecule has 0 spiro atoms. The first kappa shape index (κ1) is 31.6. The Balaban J connectivity index is 0.000000226. The van der Waals surface area contributed by atoms with Crippen LogP contribution in [-0.4, -0.2) is 20.4 Å². The minimum absolute atomic E-state index is 0.188. The fraction of sp³-hybridized carbons (Fsp3) is 0.351. The maximum atomic E-state index is 9.96. The van der Waals surface area contributed by atoms with Gasteiger partial charge in [-0.25, -0.2) is 0 Å². The van der Waals surface area contributed by atoms with Gasteiger partial charge in [0, 0.05) is 11.3 Å². The van der Waals surface area contributed by atoms with E-state index in [0.717, 1.165) is 44.5 Å². The summed E-state index contributed by atoms with van der Waals surface area (Å²) in [7, 11) is 0. The Morgan fingerprint density at radius 1 is 0.415 bits per heavy atom. The Bertz CT molecular complexity index is 1380. The van der Waals surface area contributed by atoms with Gasteiger partial charge < -0.3 is 20.4 Å². The molecule has 0 aliphatic heterocycles. The molecule has 4 rings (SSSR count). The molecule has 4 heteroatoms. The fourth-order valence-electron chi connectivity index (χ4n) is 5.47. The monoisotopic (exact) mass is 554 g/mol. The Morgan fingerprint density at radius 3 is 0.829 bits per heavy atom. The minimum atomic E-state index is -0.188. The van der Waals surface area contributed by atoms with Crippen molar-refractivity contribution < 1.29 is 20.4 Å². The van der Waals surface area contributed by atoms with Gasteiger partial charge in [0.2, 0.25) is 0 Å². The third-order valence-corrected chi connectivity index (χ3v) is 8.45. The predicted molar refractivity (Wildman–Crippen MR) is 170 cm³/mol. The third-order valence-electron chi connectivity index (χ3n) is 8.45. The van der Waals surface area contributed by atoms with E-state index in [9.17, 15) is 20.4 Å². The van der Waals surface area contributed by atoms with E-state index < -0.39 is 0 Å². The van der Waals surface area contributed by atoms with Crippen LogP contribution >= 0.6 is 0 Å². The molecule has 4 aromatic carbocycles. The van der Waals surface area contributed by atoms with Crippen LogP contribution in [0.1, 0.15) is 93.5 Å². The van der Waals surface area contributed by atoms with E-state index in [0.29, 0.717) is 23.0 Å². The van der Waals surface area contributed by atoms with E-state index in [-0.39, 0.29) is 11.3 Å². The summed E-state index contributed by atoms with van der Waals surface area (Å²) in [5.74, 6) is 1.71. The first-order valence-corrected chi connectivity index (χ1v) is 14.2. The molecule has 0 fully saturated rings. The van der Waals surface area contributed by atoms with Gasteiger partial charge in [0.15, 0.2) is 0 Å². The van der Waals surface area contributed by atoms with E-state index in [1.165, 1.54) is 22.3 Å². The molecule has 0 saturated heterocycles. The number of benzene rings is 4. The van der Waals surface area contributed by atoms with E-state index in [1.54, 1.807) is 0 Å². The zero-order valence-electron chi connectivity index (χ0n) is 26.5. The van der Waals surface area contributed by atoms with Crippen LogP contribution in [-0.2, 0) is 5.41 Å². The van der Waals surface area contributed by atoms with Crippen LogP contribution in [0.15, 0.2) is 48.5 Å². The quantitative estimate of drug-likeness (QED) is 0.203. The maximum Gasteiger partial charge on any atom is 0.121 e. The van der Waals surface area contributed by atoms with Crippen molar-refractivity contribution in [2.45, 2.75) is 87.5 Å². The molecule has 0 aliphatic carbocycles. The lowest BCUT2D eigenvalue weighted by atomic mass is 9.76. The molecule has 0 unspecified atom stereocenters. The van der Waals surface area contributed by atoms with Crippen LogP contribution in [0.3, 0.4) is 0 Å². The second kappa shape index (κ2) is 11.9. The summed E-state index contributed by atoms with van der Waals surface area (Å²) in [6, 6.07) is 16.3. The fourth-order valence-corrected chi connectivity index (χ4v) is 5.47. The Hall–Kier alpha value is -3.92. The molecular weight excluding hydrogens is 508 g/mol. The molecular formula is C37H46O4. The average molecular weight is 555 g/mol. The Kier molecular flexibility index (Phi) is 9.17. The maximum absolute atomic E-state index is 9.96. The second-order valence-corrected chi connectivity index (χ2v) is 12.3. The molecule has 0 atom stereocenters. The summed E-state index contributed by atoms with van der Waals surface area (Å²) in [6.45, 7) is 21.9. The van der Waals surface area contributed by atoms with Crippen molar-refractivity contribution in [1.29, 1.82) is 0 Å². The Morgan fingerprint density at radius 2 is 0.610 bits per heavy atom. The van der Waals surface area contributed by atoms with Crippen LogP contribution in [0, 0.1) is 55.4 Å². The summed E-state index contributed by atoms with van der Waals surface area (Å²) in [5, 5.41) is 39.7. The summed E-state index contributed by atoms with van der Waals surface area (Å²) < 4.78 is 0. The van der Waals surface area contributed by atoms with E-state index >= 15 is 0 Å². The van der Waals surface area contributed by atoms with Crippen LogP contribution in [0.2, 0.25) is 0 Å². The molecule has 0 radical (unpaired) electrons. The summed E-state index contributed by atoms with van der Waals surface area (Å²) in [6.07, 6.45) is 0. The standard InChI is InChI=1S/C19H24O2.C18H22O2/c1-11-7-15(8-12(2)17(11)20)19(5,6)16-9-13(3)18(21)14(4)10-16;1-10-6-15(7-11(2)17(10)19)14(5)16-8-12(3)18(20)13(4)9-16/h7-10,20-21H,1-6H3;6-9,14,19-20H,1-5H3. The van der Waals surface area contributed by atoms with Crippen LogP contribution in [0.4, 0.5) is 0 Å². The molecule has 0 amide bonds. The molecule has 4 N–H and O–H groups in total. The van der Waals surface area contributed by atoms with Gasteiger partial charge in [0.25, 0.3) is 0 Å². The van der Waals surface area contributed by atoms with Gasteiger partial charge in [0.1, 0.15) is 23.0 Å². The molecule has 0 saturated carbocycles. The van der Waals surface area contributed by atoms with Crippen molar-refractivity contribution in [3.8, 4) is 23.0 Å². The second-order valence-electron chi connectivity index (χ2n) is 12.3. The molecule has 4 nitrogen and oxygen atoms in total. The van der Waals surface area contributed by atoms with Gasteiger partial charge in [-0.05, 0) is 122 Å². The van der Waals surface area contributed by atoms with E-state index in [4.69, 9.17) is 0 Å². The van der Waals surface area contributed by atoms with Crippen molar-refractivity contribution in [1.82, 2.24) is 0 Å². The van der Waals surface area contributed by atoms with E-state index in [2.05, 4.69) is 20.8 Å². The van der Waals surface area contributed by atoms with Crippen LogP contribution in [0.5, 0.6) is 23.0 Å². The zero-order valence-corrected chi connectivity index (χ0v) is 26.5. The minimum Gasteiger partial charge on any atom is -0.507 e. The smallest absolute Gasteiger partial charge is 0.121 e. The highest BCUT2D eigenvalue weighted by atomic mass is 16.3. The number of phenolic OH excluding ortho intramolecular Hbond substituents is 4. The SMILES string of the molecule is Cc1cc(C(C)(C)c2cc(C)c(O)c(C)c2)cc(C)c1O.Cc1cc(C(C)c2cc(C)c(O)c(C)c2)cc(C)c1O. The van der Waals surface area contributed by atoms with Gasteiger partial charge in [-0.2, -0.15) is 0 Å². The first-order chi connectivity index (χ1) is 18.9. The van der Waals surface area contributed by atoms with Gasteiger partial charge in [0.05, 0.1) is 0 Å². The lowest BCUT2D eigenvalue weighted by Gasteiger charge is -2.28. The zero-order chi connectivity index (χ0) is 31.0. The lowest BCUT2D eigenvalue weighted by molar-refractivity contribution is 0.464. The summed E-state index contributed by atoms with van der Waals surface area (Å²) in [4.78, 5) is 0. The average Bonchev–Trinajstić information content (AvgIpc) is 2.90. The highest BCUT2D eigenvalue weighted by molar-refractivity contribution is 5.52. The first-order valence-electron chi connectivity index (χ1n) is 14.2. The van der Waals surface area contributed by atoms with Crippen molar-refractivity contribution in [3.05, 3.63) is 115 Å². The van der Waals surface area contributed by atoms with Gasteiger partial charge >= 0.3 is 0 Å².